The Balaban J connectivity index is 1.70. The summed E-state index contributed by atoms with van der Waals surface area (Å²) in [5.74, 6) is -0.957. The van der Waals surface area contributed by atoms with Crippen LogP contribution in [0, 0.1) is 0 Å². The van der Waals surface area contributed by atoms with Gasteiger partial charge in [0.2, 0.25) is 15.9 Å². The Morgan fingerprint density at radius 2 is 1.75 bits per heavy atom. The number of carbonyl (C=O) groups is 1. The van der Waals surface area contributed by atoms with E-state index in [-0.39, 0.29) is 18.7 Å². The lowest BCUT2D eigenvalue weighted by Gasteiger charge is -2.16. The number of aromatic nitrogens is 1. The number of nitrogens with one attached hydrogen (secondary N) is 2. The minimum Gasteiger partial charge on any atom is -0.348 e. The predicted octanol–water partition coefficient (Wildman–Crippen LogP) is 2.31. The van der Waals surface area contributed by atoms with Gasteiger partial charge in [0, 0.05) is 11.7 Å². The van der Waals surface area contributed by atoms with Crippen LogP contribution in [0.2, 0.25) is 0 Å². The Morgan fingerprint density at radius 3 is 2.44 bits per heavy atom. The van der Waals surface area contributed by atoms with Gasteiger partial charge in [0.25, 0.3) is 0 Å². The molecule has 0 radical (unpaired) electrons. The number of sulfone groups is 1. The molecule has 0 bridgehead atoms. The van der Waals surface area contributed by atoms with Crippen LogP contribution in [0.1, 0.15) is 17.0 Å². The molecule has 2 aromatic carbocycles. The van der Waals surface area contributed by atoms with E-state index in [1.54, 1.807) is 30.3 Å². The molecule has 0 aliphatic rings. The second-order valence-corrected chi connectivity index (χ2v) is 12.1. The molecule has 0 aliphatic carbocycles. The topological polar surface area (TPSA) is 122 Å². The molecule has 0 saturated carbocycles. The van der Waals surface area contributed by atoms with Crippen LogP contribution in [-0.2, 0) is 31.2 Å². The van der Waals surface area contributed by atoms with Crippen LogP contribution >= 0.6 is 11.3 Å². The van der Waals surface area contributed by atoms with Crippen LogP contribution in [0.3, 0.4) is 0 Å². The van der Waals surface area contributed by atoms with Gasteiger partial charge in [-0.15, -0.1) is 11.3 Å². The van der Waals surface area contributed by atoms with E-state index >= 15 is 0 Å². The van der Waals surface area contributed by atoms with Gasteiger partial charge in [0.1, 0.15) is 20.9 Å². The van der Waals surface area contributed by atoms with Gasteiger partial charge in [-0.1, -0.05) is 42.5 Å². The number of amides is 1. The number of para-hydroxylation sites is 1. The van der Waals surface area contributed by atoms with Crippen molar-refractivity contribution in [2.24, 2.45) is 0 Å². The zero-order chi connectivity index (χ0) is 23.2. The van der Waals surface area contributed by atoms with Gasteiger partial charge >= 0.3 is 0 Å². The van der Waals surface area contributed by atoms with Crippen molar-refractivity contribution < 1.29 is 21.6 Å². The highest BCUT2D eigenvalue weighted by atomic mass is 32.2. The molecule has 3 aromatic rings. The Bertz CT molecular complexity index is 1280. The number of benzene rings is 2. The minimum absolute atomic E-state index is 0.106. The number of hydrogen-bond donors (Lipinski definition) is 2. The molecule has 1 heterocycles. The fourth-order valence-electron chi connectivity index (χ4n) is 2.83. The molecular formula is C21H23N3O5S3. The summed E-state index contributed by atoms with van der Waals surface area (Å²) in [6.45, 7) is 0.106. The quantitative estimate of drug-likeness (QED) is 0.447. The number of hydrogen-bond acceptors (Lipinski definition) is 7. The van der Waals surface area contributed by atoms with Crippen molar-refractivity contribution in [2.45, 2.75) is 19.0 Å². The molecule has 0 fully saturated rings. The highest BCUT2D eigenvalue weighted by molar-refractivity contribution is 7.92. The smallest absolute Gasteiger partial charge is 0.238 e. The van der Waals surface area contributed by atoms with Crippen molar-refractivity contribution >= 4 is 53.4 Å². The third kappa shape index (κ3) is 7.52. The number of nitrogens with zero attached hydrogens (tertiary/aromatic N) is 1. The van der Waals surface area contributed by atoms with Crippen molar-refractivity contribution in [3.05, 3.63) is 70.6 Å². The minimum atomic E-state index is -3.99. The number of fused-ring (bicyclic) bond motifs is 1. The Hall–Kier alpha value is -2.60. The summed E-state index contributed by atoms with van der Waals surface area (Å²) in [7, 11) is -7.39. The van der Waals surface area contributed by atoms with E-state index in [9.17, 15) is 21.6 Å². The molecule has 3 rings (SSSR count). The SMILES string of the molecule is CS(=O)(=O)CCC(NS(=O)(=O)C=Cc1ccccc1)C(=O)NCc1nc2ccccc2s1. The summed E-state index contributed by atoms with van der Waals surface area (Å²) in [4.78, 5) is 17.1. The van der Waals surface area contributed by atoms with Crippen molar-refractivity contribution in [2.75, 3.05) is 12.0 Å². The van der Waals surface area contributed by atoms with E-state index < -0.39 is 31.8 Å². The molecule has 170 valence electrons. The highest BCUT2D eigenvalue weighted by Gasteiger charge is 2.24. The molecule has 1 amide bonds. The fourth-order valence-corrected chi connectivity index (χ4v) is 5.43. The molecule has 11 heteroatoms. The lowest BCUT2D eigenvalue weighted by molar-refractivity contribution is -0.122. The van der Waals surface area contributed by atoms with Crippen molar-refractivity contribution in [3.63, 3.8) is 0 Å². The van der Waals surface area contributed by atoms with Gasteiger partial charge in [-0.2, -0.15) is 4.72 Å². The van der Waals surface area contributed by atoms with E-state index in [1.807, 2.05) is 24.3 Å². The van der Waals surface area contributed by atoms with Crippen LogP contribution in [0.25, 0.3) is 16.3 Å². The first-order valence-corrected chi connectivity index (χ1v) is 14.1. The van der Waals surface area contributed by atoms with Gasteiger partial charge in [-0.3, -0.25) is 4.79 Å². The maximum Gasteiger partial charge on any atom is 0.238 e. The first-order valence-electron chi connectivity index (χ1n) is 9.67. The number of sulfonamides is 1. The van der Waals surface area contributed by atoms with E-state index in [1.165, 1.54) is 17.4 Å². The number of rotatable bonds is 10. The average molecular weight is 494 g/mol. The van der Waals surface area contributed by atoms with E-state index in [0.29, 0.717) is 10.6 Å². The van der Waals surface area contributed by atoms with Crippen LogP contribution in [0.15, 0.2) is 60.0 Å². The highest BCUT2D eigenvalue weighted by Crippen LogP contribution is 2.21. The molecule has 1 atom stereocenters. The molecule has 32 heavy (non-hydrogen) atoms. The summed E-state index contributed by atoms with van der Waals surface area (Å²) in [6, 6.07) is 15.1. The van der Waals surface area contributed by atoms with Crippen LogP contribution in [0.4, 0.5) is 0 Å². The maximum absolute atomic E-state index is 12.7. The van der Waals surface area contributed by atoms with Crippen LogP contribution in [-0.4, -0.2) is 45.8 Å². The van der Waals surface area contributed by atoms with Gasteiger partial charge in [-0.25, -0.2) is 21.8 Å². The Labute approximate surface area is 191 Å². The summed E-state index contributed by atoms with van der Waals surface area (Å²) in [5, 5.41) is 4.27. The molecule has 0 spiro atoms. The zero-order valence-electron chi connectivity index (χ0n) is 17.3. The molecule has 1 aromatic heterocycles. The predicted molar refractivity (Wildman–Crippen MR) is 127 cm³/mol. The normalized spacial score (nSPS) is 13.4. The summed E-state index contributed by atoms with van der Waals surface area (Å²) < 4.78 is 51.4. The average Bonchev–Trinajstić information content (AvgIpc) is 3.17. The fraction of sp³-hybridized carbons (Fsp3) is 0.238. The van der Waals surface area contributed by atoms with Gasteiger partial charge in [0.15, 0.2) is 0 Å². The lowest BCUT2D eigenvalue weighted by atomic mass is 10.2. The second-order valence-electron chi connectivity index (χ2n) is 7.14. The zero-order valence-corrected chi connectivity index (χ0v) is 19.7. The standard InChI is InChI=1S/C21H23N3O5S3/c1-31(26,27)13-12-18(24-32(28,29)14-11-16-7-3-2-4-8-16)21(25)22-15-20-23-17-9-5-6-10-19(17)30-20/h2-11,14,18,24H,12-13,15H2,1H3,(H,22,25). The summed E-state index contributed by atoms with van der Waals surface area (Å²) >= 11 is 1.42. The largest absolute Gasteiger partial charge is 0.348 e. The summed E-state index contributed by atoms with van der Waals surface area (Å²) in [6.07, 6.45) is 2.24. The molecular weight excluding hydrogens is 470 g/mol. The van der Waals surface area contributed by atoms with E-state index in [0.717, 1.165) is 21.9 Å². The second kappa shape index (κ2) is 10.3. The molecule has 0 saturated heterocycles. The molecule has 2 N–H and O–H groups in total. The van der Waals surface area contributed by atoms with Gasteiger partial charge < -0.3 is 5.32 Å². The third-order valence-corrected chi connectivity index (χ3v) is 7.51. The van der Waals surface area contributed by atoms with Crippen LogP contribution < -0.4 is 10.0 Å². The summed E-state index contributed by atoms with van der Waals surface area (Å²) in [5.41, 5.74) is 1.48. The van der Waals surface area contributed by atoms with Crippen molar-refractivity contribution in [3.8, 4) is 0 Å². The Morgan fingerprint density at radius 1 is 1.06 bits per heavy atom. The first-order chi connectivity index (χ1) is 15.1. The monoisotopic (exact) mass is 493 g/mol. The van der Waals surface area contributed by atoms with Crippen LogP contribution in [0.5, 0.6) is 0 Å². The Kier molecular flexibility index (Phi) is 7.77. The van der Waals surface area contributed by atoms with Gasteiger partial charge in [0.05, 0.1) is 22.5 Å². The van der Waals surface area contributed by atoms with Crippen molar-refractivity contribution in [1.82, 2.24) is 15.0 Å². The molecule has 8 nitrogen and oxygen atoms in total. The number of carbonyl (C=O) groups excluding carboxylic acids is 1. The van der Waals surface area contributed by atoms with Crippen molar-refractivity contribution in [1.29, 1.82) is 0 Å². The first kappa shape index (κ1) is 24.1. The molecule has 0 aliphatic heterocycles. The number of thiazole rings is 1. The molecule has 1 unspecified atom stereocenters. The third-order valence-electron chi connectivity index (χ3n) is 4.39. The van der Waals surface area contributed by atoms with E-state index in [2.05, 4.69) is 15.0 Å². The maximum atomic E-state index is 12.7. The lowest BCUT2D eigenvalue weighted by Crippen LogP contribution is -2.46. The van der Waals surface area contributed by atoms with Gasteiger partial charge in [-0.05, 0) is 30.2 Å². The van der Waals surface area contributed by atoms with E-state index in [4.69, 9.17) is 0 Å².